The van der Waals surface area contributed by atoms with Gasteiger partial charge in [-0.15, -0.1) is 11.3 Å². The summed E-state index contributed by atoms with van der Waals surface area (Å²) in [5.74, 6) is -0.397. The van der Waals surface area contributed by atoms with Crippen LogP contribution in [0.15, 0.2) is 24.4 Å². The van der Waals surface area contributed by atoms with E-state index in [1.807, 2.05) is 19.2 Å². The van der Waals surface area contributed by atoms with Gasteiger partial charge in [0.1, 0.15) is 16.0 Å². The van der Waals surface area contributed by atoms with E-state index in [4.69, 9.17) is 4.74 Å². The number of ether oxygens (including phenoxy) is 1. The number of aryl methyl sites for hydroxylation is 1. The maximum absolute atomic E-state index is 11.6. The summed E-state index contributed by atoms with van der Waals surface area (Å²) in [6.45, 7) is 0.971. The minimum Gasteiger partial charge on any atom is -0.465 e. The number of esters is 1. The Balaban J connectivity index is 1.89. The third-order valence-corrected chi connectivity index (χ3v) is 5.49. The number of benzene rings is 1. The number of nitrogens with zero attached hydrogens (tertiary/aromatic N) is 4. The van der Waals surface area contributed by atoms with Crippen LogP contribution in [0.5, 0.6) is 0 Å². The molecule has 0 amide bonds. The molecule has 0 unspecified atom stereocenters. The number of nitriles is 1. The highest BCUT2D eigenvalue weighted by Crippen LogP contribution is 2.33. The molecule has 2 aromatic heterocycles. The van der Waals surface area contributed by atoms with Gasteiger partial charge in [-0.1, -0.05) is 0 Å². The summed E-state index contributed by atoms with van der Waals surface area (Å²) in [5.41, 5.74) is 3.61. The Hall–Kier alpha value is -2.85. The van der Waals surface area contributed by atoms with Crippen LogP contribution < -0.4 is 5.01 Å². The average molecular weight is 352 g/mol. The molecule has 1 aliphatic heterocycles. The molecule has 0 N–H and O–H groups in total. The van der Waals surface area contributed by atoms with Gasteiger partial charge in [-0.3, -0.25) is 4.68 Å². The molecular weight excluding hydrogens is 336 g/mol. The van der Waals surface area contributed by atoms with Crippen molar-refractivity contribution in [1.82, 2.24) is 9.66 Å². The second kappa shape index (κ2) is 5.90. The number of carbonyl (C=O) groups is 1. The molecule has 3 aromatic rings. The van der Waals surface area contributed by atoms with Crippen molar-refractivity contribution >= 4 is 28.2 Å². The molecule has 0 spiro atoms. The van der Waals surface area contributed by atoms with Gasteiger partial charge in [-0.2, -0.15) is 5.26 Å². The van der Waals surface area contributed by atoms with Gasteiger partial charge in [-0.25, -0.2) is 9.78 Å². The Bertz CT molecular complexity index is 1030. The summed E-state index contributed by atoms with van der Waals surface area (Å²) >= 11 is 1.27. The predicted octanol–water partition coefficient (Wildman–Crippen LogP) is 2.94. The van der Waals surface area contributed by atoms with Crippen LogP contribution >= 0.6 is 11.3 Å². The lowest BCUT2D eigenvalue weighted by Gasteiger charge is -2.29. The minimum atomic E-state index is -0.397. The maximum Gasteiger partial charge on any atom is 0.349 e. The molecule has 0 saturated carbocycles. The van der Waals surface area contributed by atoms with Crippen molar-refractivity contribution in [2.75, 3.05) is 25.7 Å². The van der Waals surface area contributed by atoms with Crippen molar-refractivity contribution in [3.63, 3.8) is 0 Å². The predicted molar refractivity (Wildman–Crippen MR) is 96.4 cm³/mol. The summed E-state index contributed by atoms with van der Waals surface area (Å²) in [5, 5.41) is 13.6. The molecule has 3 heterocycles. The number of aromatic nitrogens is 2. The van der Waals surface area contributed by atoms with E-state index in [-0.39, 0.29) is 0 Å². The molecule has 0 aliphatic carbocycles. The lowest BCUT2D eigenvalue weighted by Crippen LogP contribution is -2.36. The van der Waals surface area contributed by atoms with Gasteiger partial charge in [0.05, 0.1) is 24.4 Å². The molecule has 0 bridgehead atoms. The van der Waals surface area contributed by atoms with Crippen LogP contribution in [0.4, 0.5) is 0 Å². The van der Waals surface area contributed by atoms with Gasteiger partial charge in [0, 0.05) is 30.2 Å². The first-order chi connectivity index (χ1) is 12.1. The topological polar surface area (TPSA) is 71.1 Å². The van der Waals surface area contributed by atoms with Gasteiger partial charge < -0.3 is 9.75 Å². The van der Waals surface area contributed by atoms with E-state index in [1.54, 1.807) is 0 Å². The van der Waals surface area contributed by atoms with Gasteiger partial charge in [0.15, 0.2) is 0 Å². The summed E-state index contributed by atoms with van der Waals surface area (Å²) in [7, 11) is 3.39. The highest BCUT2D eigenvalue weighted by Gasteiger charge is 2.21. The number of hydrogen-bond acceptors (Lipinski definition) is 6. The third kappa shape index (κ3) is 2.46. The van der Waals surface area contributed by atoms with E-state index < -0.39 is 5.97 Å². The third-order valence-electron chi connectivity index (χ3n) is 4.46. The molecule has 0 saturated heterocycles. The summed E-state index contributed by atoms with van der Waals surface area (Å²) in [6.07, 6.45) is 3.63. The van der Waals surface area contributed by atoms with Crippen molar-refractivity contribution in [2.24, 2.45) is 0 Å². The van der Waals surface area contributed by atoms with Crippen molar-refractivity contribution in [1.29, 1.82) is 5.26 Å². The van der Waals surface area contributed by atoms with Crippen molar-refractivity contribution in [2.45, 2.75) is 12.8 Å². The van der Waals surface area contributed by atoms with Crippen LogP contribution in [-0.4, -0.2) is 36.3 Å². The van der Waals surface area contributed by atoms with E-state index in [1.165, 1.54) is 30.3 Å². The molecule has 1 aromatic carbocycles. The molecule has 7 heteroatoms. The van der Waals surface area contributed by atoms with Crippen LogP contribution in [0.3, 0.4) is 0 Å². The normalized spacial score (nSPS) is 13.6. The molecular formula is C18H16N4O2S. The zero-order chi connectivity index (χ0) is 17.6. The monoisotopic (exact) mass is 352 g/mol. The van der Waals surface area contributed by atoms with Gasteiger partial charge in [-0.05, 0) is 31.0 Å². The molecule has 25 heavy (non-hydrogen) atoms. The fraction of sp³-hybridized carbons (Fsp3) is 0.278. The number of rotatable bonds is 2. The van der Waals surface area contributed by atoms with Crippen LogP contribution in [0.1, 0.15) is 27.3 Å². The van der Waals surface area contributed by atoms with Gasteiger partial charge in [0.2, 0.25) is 0 Å². The van der Waals surface area contributed by atoms with Gasteiger partial charge in [0.25, 0.3) is 0 Å². The van der Waals surface area contributed by atoms with Crippen molar-refractivity contribution in [3.05, 3.63) is 40.5 Å². The van der Waals surface area contributed by atoms with Gasteiger partial charge >= 0.3 is 5.97 Å². The number of methoxy groups -OCH3 is 1. The lowest BCUT2D eigenvalue weighted by molar-refractivity contribution is 0.0606. The molecule has 0 fully saturated rings. The summed E-state index contributed by atoms with van der Waals surface area (Å²) in [4.78, 5) is 16.4. The fourth-order valence-corrected chi connectivity index (χ4v) is 4.18. The quantitative estimate of drug-likeness (QED) is 0.663. The first-order valence-electron chi connectivity index (χ1n) is 7.97. The highest BCUT2D eigenvalue weighted by molar-refractivity contribution is 7.16. The molecule has 0 radical (unpaired) electrons. The van der Waals surface area contributed by atoms with E-state index in [0.29, 0.717) is 15.4 Å². The molecule has 6 nitrogen and oxygen atoms in total. The molecule has 126 valence electrons. The minimum absolute atomic E-state index is 0.397. The first kappa shape index (κ1) is 15.7. The Morgan fingerprint density at radius 1 is 1.40 bits per heavy atom. The molecule has 4 rings (SSSR count). The maximum atomic E-state index is 11.6. The number of fused-ring (bicyclic) bond motifs is 3. The Morgan fingerprint density at radius 2 is 2.24 bits per heavy atom. The van der Waals surface area contributed by atoms with E-state index in [2.05, 4.69) is 26.8 Å². The smallest absolute Gasteiger partial charge is 0.349 e. The second-order valence-electron chi connectivity index (χ2n) is 6.03. The largest absolute Gasteiger partial charge is 0.465 e. The van der Waals surface area contributed by atoms with Crippen molar-refractivity contribution < 1.29 is 9.53 Å². The SMILES string of the molecule is COC(=O)c1cnc(-c2cc(C#N)c3c(c2)cc2n3N(C)CCC2)s1. The zero-order valence-electron chi connectivity index (χ0n) is 13.9. The zero-order valence-corrected chi connectivity index (χ0v) is 14.8. The number of carbonyl (C=O) groups excluding carboxylic acids is 1. The van der Waals surface area contributed by atoms with Crippen LogP contribution in [0.2, 0.25) is 0 Å². The van der Waals surface area contributed by atoms with E-state index in [0.717, 1.165) is 35.9 Å². The average Bonchev–Trinajstić information content (AvgIpc) is 3.25. The Kier molecular flexibility index (Phi) is 3.70. The first-order valence-corrected chi connectivity index (χ1v) is 8.78. The molecule has 0 atom stereocenters. The Labute approximate surface area is 148 Å². The number of thiazole rings is 1. The number of hydrogen-bond donors (Lipinski definition) is 0. The van der Waals surface area contributed by atoms with E-state index in [9.17, 15) is 10.1 Å². The summed E-state index contributed by atoms with van der Waals surface area (Å²) < 4.78 is 6.88. The fourth-order valence-electron chi connectivity index (χ4n) is 3.36. The Morgan fingerprint density at radius 3 is 3.00 bits per heavy atom. The van der Waals surface area contributed by atoms with Crippen LogP contribution in [-0.2, 0) is 11.2 Å². The van der Waals surface area contributed by atoms with Crippen LogP contribution in [0.25, 0.3) is 21.5 Å². The van der Waals surface area contributed by atoms with Crippen molar-refractivity contribution in [3.8, 4) is 16.6 Å². The highest BCUT2D eigenvalue weighted by atomic mass is 32.1. The second-order valence-corrected chi connectivity index (χ2v) is 7.06. The lowest BCUT2D eigenvalue weighted by atomic mass is 10.1. The molecule has 1 aliphatic rings. The van der Waals surface area contributed by atoms with Crippen LogP contribution in [0, 0.1) is 11.3 Å². The standard InChI is InChI=1S/C18H16N4O2S/c1-21-5-3-4-14-8-11-6-12(7-13(9-19)16(11)22(14)21)17-20-10-15(25-17)18(23)24-2/h6-8,10H,3-5H2,1-2H3. The van der Waals surface area contributed by atoms with E-state index >= 15 is 0 Å². The summed E-state index contributed by atoms with van der Waals surface area (Å²) in [6, 6.07) is 8.34.